The molecule has 1 saturated heterocycles. The maximum Gasteiger partial charge on any atom is 0.253 e. The molecule has 0 bridgehead atoms. The molecule has 0 aromatic rings. The molecular weight excluding hydrogens is 350 g/mol. The van der Waals surface area contributed by atoms with Crippen molar-refractivity contribution in [3.8, 4) is 0 Å². The van der Waals surface area contributed by atoms with E-state index in [4.69, 9.17) is 17.0 Å². The summed E-state index contributed by atoms with van der Waals surface area (Å²) in [7, 11) is 1.58. The number of nitrogens with zero attached hydrogens (tertiary/aromatic N) is 3. The molecule has 1 aliphatic carbocycles. The molecule has 7 heteroatoms. The predicted octanol–water partition coefficient (Wildman–Crippen LogP) is 1.82. The standard InChI is InChI=1S/C19H25N3O3S/c1-12-8-13(2)11-21(10-12)17(23)14-4-5-15-16(9-14)20-19(26)22(18(15)24)6-7-25-3/h4-5,9,12-13,15H,6-8,10-11H2,1-3H3. The zero-order valence-corrected chi connectivity index (χ0v) is 16.3. The monoisotopic (exact) mass is 375 g/mol. The van der Waals surface area contributed by atoms with E-state index in [-0.39, 0.29) is 16.9 Å². The minimum Gasteiger partial charge on any atom is -0.383 e. The van der Waals surface area contributed by atoms with Gasteiger partial charge in [0.15, 0.2) is 0 Å². The van der Waals surface area contributed by atoms with E-state index in [2.05, 4.69) is 18.8 Å². The Kier molecular flexibility index (Phi) is 5.67. The molecule has 0 spiro atoms. The van der Waals surface area contributed by atoms with Crippen LogP contribution in [-0.4, -0.2) is 65.8 Å². The molecule has 3 rings (SSSR count). The number of allylic oxidation sites excluding steroid dienone is 1. The molecule has 3 unspecified atom stereocenters. The summed E-state index contributed by atoms with van der Waals surface area (Å²) in [6, 6.07) is 0. The quantitative estimate of drug-likeness (QED) is 0.703. The lowest BCUT2D eigenvalue weighted by molar-refractivity contribution is -0.130. The molecule has 0 saturated carbocycles. The normalized spacial score (nSPS) is 28.7. The Morgan fingerprint density at radius 1 is 1.35 bits per heavy atom. The van der Waals surface area contributed by atoms with E-state index in [1.54, 1.807) is 25.3 Å². The van der Waals surface area contributed by atoms with Crippen LogP contribution >= 0.6 is 12.2 Å². The summed E-state index contributed by atoms with van der Waals surface area (Å²) in [4.78, 5) is 33.3. The van der Waals surface area contributed by atoms with Crippen LogP contribution in [0.25, 0.3) is 0 Å². The van der Waals surface area contributed by atoms with Crippen molar-refractivity contribution in [1.29, 1.82) is 0 Å². The highest BCUT2D eigenvalue weighted by Gasteiger charge is 2.36. The maximum absolute atomic E-state index is 12.9. The SMILES string of the molecule is COCCN1C(=O)C2C=CC(C(=O)N3CC(C)CC(C)C3)=CC2=NC1=S. The molecule has 2 heterocycles. The number of hydrogen-bond donors (Lipinski definition) is 0. The molecule has 140 valence electrons. The van der Waals surface area contributed by atoms with Gasteiger partial charge in [-0.15, -0.1) is 0 Å². The van der Waals surface area contributed by atoms with Gasteiger partial charge in [0.25, 0.3) is 5.91 Å². The van der Waals surface area contributed by atoms with Crippen LogP contribution in [0.3, 0.4) is 0 Å². The number of amides is 2. The number of carbonyl (C=O) groups is 2. The second-order valence-corrected chi connectivity index (χ2v) is 7.76. The molecule has 2 amide bonds. The number of aliphatic imine (C=N–C) groups is 1. The van der Waals surface area contributed by atoms with Crippen LogP contribution in [0.15, 0.2) is 28.8 Å². The van der Waals surface area contributed by atoms with Crippen molar-refractivity contribution in [1.82, 2.24) is 9.80 Å². The minimum absolute atomic E-state index is 0.000907. The van der Waals surface area contributed by atoms with E-state index in [1.165, 1.54) is 4.90 Å². The van der Waals surface area contributed by atoms with E-state index in [1.807, 2.05) is 4.90 Å². The van der Waals surface area contributed by atoms with Gasteiger partial charge in [-0.1, -0.05) is 26.0 Å². The summed E-state index contributed by atoms with van der Waals surface area (Å²) >= 11 is 5.26. The third kappa shape index (κ3) is 3.78. The fraction of sp³-hybridized carbons (Fsp3) is 0.579. The largest absolute Gasteiger partial charge is 0.383 e. The predicted molar refractivity (Wildman–Crippen MR) is 104 cm³/mol. The van der Waals surface area contributed by atoms with Gasteiger partial charge in [0.1, 0.15) is 0 Å². The number of ether oxygens (including phenoxy) is 1. The Morgan fingerprint density at radius 2 is 2.04 bits per heavy atom. The van der Waals surface area contributed by atoms with Gasteiger partial charge in [0.2, 0.25) is 11.0 Å². The lowest BCUT2D eigenvalue weighted by Crippen LogP contribution is -2.48. The van der Waals surface area contributed by atoms with Gasteiger partial charge in [-0.3, -0.25) is 14.5 Å². The van der Waals surface area contributed by atoms with Crippen molar-refractivity contribution >= 4 is 34.9 Å². The van der Waals surface area contributed by atoms with E-state index < -0.39 is 5.92 Å². The van der Waals surface area contributed by atoms with E-state index in [9.17, 15) is 9.59 Å². The highest BCUT2D eigenvalue weighted by Crippen LogP contribution is 2.26. The van der Waals surface area contributed by atoms with Crippen LogP contribution in [0, 0.1) is 17.8 Å². The first-order chi connectivity index (χ1) is 12.4. The lowest BCUT2D eigenvalue weighted by Gasteiger charge is -2.36. The number of likely N-dealkylation sites (tertiary alicyclic amines) is 1. The first-order valence-corrected chi connectivity index (χ1v) is 9.43. The molecule has 1 fully saturated rings. The summed E-state index contributed by atoms with van der Waals surface area (Å²) in [5.41, 5.74) is 1.12. The molecule has 26 heavy (non-hydrogen) atoms. The Labute approximate surface area is 159 Å². The number of fused-ring (bicyclic) bond motifs is 1. The Hall–Kier alpha value is -1.86. The zero-order chi connectivity index (χ0) is 18.8. The summed E-state index contributed by atoms with van der Waals surface area (Å²) in [6.07, 6.45) is 6.37. The van der Waals surface area contributed by atoms with Crippen LogP contribution in [0.4, 0.5) is 0 Å². The smallest absolute Gasteiger partial charge is 0.253 e. The second-order valence-electron chi connectivity index (χ2n) is 7.39. The highest BCUT2D eigenvalue weighted by molar-refractivity contribution is 7.80. The third-order valence-corrected chi connectivity index (χ3v) is 5.31. The van der Waals surface area contributed by atoms with Crippen LogP contribution < -0.4 is 0 Å². The molecular formula is C19H25N3O3S. The summed E-state index contributed by atoms with van der Waals surface area (Å²) in [5.74, 6) is 0.407. The van der Waals surface area contributed by atoms with Crippen LogP contribution in [0.2, 0.25) is 0 Å². The minimum atomic E-state index is -0.477. The Morgan fingerprint density at radius 3 is 2.69 bits per heavy atom. The first-order valence-electron chi connectivity index (χ1n) is 9.02. The van der Waals surface area contributed by atoms with Crippen molar-refractivity contribution in [3.05, 3.63) is 23.8 Å². The third-order valence-electron chi connectivity index (χ3n) is 5.00. The number of piperidine rings is 1. The maximum atomic E-state index is 12.9. The zero-order valence-electron chi connectivity index (χ0n) is 15.5. The summed E-state index contributed by atoms with van der Waals surface area (Å²) in [6.45, 7) is 6.67. The van der Waals surface area contributed by atoms with E-state index in [0.29, 0.717) is 36.3 Å². The lowest BCUT2D eigenvalue weighted by atomic mass is 9.89. The molecule has 3 atom stereocenters. The number of carbonyl (C=O) groups excluding carboxylic acids is 2. The van der Waals surface area contributed by atoms with E-state index >= 15 is 0 Å². The van der Waals surface area contributed by atoms with Gasteiger partial charge in [-0.25, -0.2) is 4.99 Å². The molecule has 2 aliphatic heterocycles. The van der Waals surface area contributed by atoms with Crippen LogP contribution in [0.5, 0.6) is 0 Å². The van der Waals surface area contributed by atoms with Gasteiger partial charge >= 0.3 is 0 Å². The first kappa shape index (κ1) is 18.9. The second kappa shape index (κ2) is 7.80. The number of methoxy groups -OCH3 is 1. The Balaban J connectivity index is 1.78. The molecule has 0 aromatic carbocycles. The van der Waals surface area contributed by atoms with Gasteiger partial charge < -0.3 is 9.64 Å². The van der Waals surface area contributed by atoms with Crippen molar-refractivity contribution in [2.75, 3.05) is 33.4 Å². The fourth-order valence-electron chi connectivity index (χ4n) is 3.87. The molecule has 6 nitrogen and oxygen atoms in total. The molecule has 3 aliphatic rings. The number of rotatable bonds is 4. The summed E-state index contributed by atoms with van der Waals surface area (Å²) < 4.78 is 5.03. The molecule has 0 aromatic heterocycles. The van der Waals surface area contributed by atoms with Crippen molar-refractivity contribution in [3.63, 3.8) is 0 Å². The average molecular weight is 375 g/mol. The molecule has 0 radical (unpaired) electrons. The van der Waals surface area contributed by atoms with Crippen LogP contribution in [0.1, 0.15) is 20.3 Å². The topological polar surface area (TPSA) is 62.2 Å². The van der Waals surface area contributed by atoms with Crippen molar-refractivity contribution in [2.45, 2.75) is 20.3 Å². The van der Waals surface area contributed by atoms with Gasteiger partial charge in [0.05, 0.1) is 24.8 Å². The highest BCUT2D eigenvalue weighted by atomic mass is 32.1. The average Bonchev–Trinajstić information content (AvgIpc) is 2.59. The Bertz CT molecular complexity index is 703. The number of thiocarbonyl (C=S) groups is 1. The van der Waals surface area contributed by atoms with Gasteiger partial charge in [0, 0.05) is 25.8 Å². The summed E-state index contributed by atoms with van der Waals surface area (Å²) in [5, 5.41) is 0.233. The van der Waals surface area contributed by atoms with E-state index in [0.717, 1.165) is 19.5 Å². The van der Waals surface area contributed by atoms with Gasteiger partial charge in [-0.05, 0) is 36.6 Å². The van der Waals surface area contributed by atoms with Crippen molar-refractivity contribution < 1.29 is 14.3 Å². The number of hydrogen-bond acceptors (Lipinski definition) is 4. The van der Waals surface area contributed by atoms with Crippen LogP contribution in [-0.2, 0) is 14.3 Å². The van der Waals surface area contributed by atoms with Crippen molar-refractivity contribution in [2.24, 2.45) is 22.7 Å². The fourth-order valence-corrected chi connectivity index (χ4v) is 4.16. The molecule has 0 N–H and O–H groups in total. The van der Waals surface area contributed by atoms with Gasteiger partial charge in [-0.2, -0.15) is 0 Å².